The summed E-state index contributed by atoms with van der Waals surface area (Å²) in [5.74, 6) is -1.43. The monoisotopic (exact) mass is 285 g/mol. The third-order valence-electron chi connectivity index (χ3n) is 2.69. The van der Waals surface area contributed by atoms with Crippen molar-refractivity contribution in [3.05, 3.63) is 28.8 Å². The van der Waals surface area contributed by atoms with Crippen LogP contribution in [0.15, 0.2) is 18.2 Å². The molecule has 19 heavy (non-hydrogen) atoms. The highest BCUT2D eigenvalue weighted by Gasteiger charge is 2.15. The van der Waals surface area contributed by atoms with Crippen molar-refractivity contribution in [1.82, 2.24) is 0 Å². The van der Waals surface area contributed by atoms with Crippen molar-refractivity contribution in [1.29, 1.82) is 0 Å². The van der Waals surface area contributed by atoms with Crippen molar-refractivity contribution >= 4 is 29.2 Å². The molecule has 0 saturated heterocycles. The Kier molecular flexibility index (Phi) is 5.79. The van der Waals surface area contributed by atoms with Gasteiger partial charge >= 0.3 is 5.97 Å². The molecule has 0 fully saturated rings. The molecule has 6 heteroatoms. The lowest BCUT2D eigenvalue weighted by atomic mass is 10.1. The first-order valence-electron chi connectivity index (χ1n) is 5.80. The quantitative estimate of drug-likeness (QED) is 0.843. The lowest BCUT2D eigenvalue weighted by Crippen LogP contribution is -2.17. The van der Waals surface area contributed by atoms with Crippen molar-refractivity contribution < 1.29 is 19.4 Å². The number of hydrogen-bond donors (Lipinski definition) is 2. The lowest BCUT2D eigenvalue weighted by Gasteiger charge is -2.12. The fraction of sp³-hybridized carbons (Fsp3) is 0.385. The molecule has 104 valence electrons. The van der Waals surface area contributed by atoms with E-state index in [1.165, 1.54) is 18.2 Å². The van der Waals surface area contributed by atoms with Crippen molar-refractivity contribution in [2.24, 2.45) is 0 Å². The predicted octanol–water partition coefficient (Wildman–Crippen LogP) is 2.79. The molecule has 0 bridgehead atoms. The Labute approximate surface area is 116 Å². The number of carbonyl (C=O) groups is 2. The number of amides is 1. The largest absolute Gasteiger partial charge is 0.478 e. The van der Waals surface area contributed by atoms with Crippen molar-refractivity contribution in [2.75, 3.05) is 12.4 Å². The van der Waals surface area contributed by atoms with E-state index in [4.69, 9.17) is 21.4 Å². The average Bonchev–Trinajstić information content (AvgIpc) is 2.38. The molecule has 0 saturated carbocycles. The topological polar surface area (TPSA) is 75.6 Å². The third-order valence-corrected chi connectivity index (χ3v) is 3.00. The summed E-state index contributed by atoms with van der Waals surface area (Å²) in [6.45, 7) is 1.85. The molecule has 1 atom stereocenters. The molecule has 5 nitrogen and oxygen atoms in total. The standard InChI is InChI=1S/C13H16ClNO4/c1-8(19-2)6-7-11(16)15-12-9(13(17)18)4-3-5-10(12)14/h3-5,8H,6-7H2,1-2H3,(H,15,16)(H,17,18). The number of carbonyl (C=O) groups excluding carboxylic acids is 1. The van der Waals surface area contributed by atoms with E-state index in [0.717, 1.165) is 0 Å². The van der Waals surface area contributed by atoms with Crippen LogP contribution in [0.3, 0.4) is 0 Å². The molecule has 0 aliphatic carbocycles. The van der Waals surface area contributed by atoms with Gasteiger partial charge < -0.3 is 15.2 Å². The number of anilines is 1. The van der Waals surface area contributed by atoms with Gasteiger partial charge in [0.25, 0.3) is 0 Å². The van der Waals surface area contributed by atoms with Gasteiger partial charge in [-0.2, -0.15) is 0 Å². The van der Waals surface area contributed by atoms with Gasteiger partial charge in [0.1, 0.15) is 0 Å². The van der Waals surface area contributed by atoms with Crippen LogP contribution >= 0.6 is 11.6 Å². The first-order chi connectivity index (χ1) is 8.95. The van der Waals surface area contributed by atoms with Gasteiger partial charge in [0.15, 0.2) is 0 Å². The summed E-state index contributed by atoms with van der Waals surface area (Å²) < 4.78 is 5.04. The van der Waals surface area contributed by atoms with Crippen LogP contribution in [0.1, 0.15) is 30.1 Å². The Bertz CT molecular complexity index is 476. The van der Waals surface area contributed by atoms with E-state index in [1.807, 2.05) is 6.92 Å². The minimum absolute atomic E-state index is 0.0272. The number of carboxylic acid groups (broad SMARTS) is 1. The van der Waals surface area contributed by atoms with Crippen molar-refractivity contribution in [3.63, 3.8) is 0 Å². The number of benzene rings is 1. The van der Waals surface area contributed by atoms with E-state index in [2.05, 4.69) is 5.32 Å². The fourth-order valence-corrected chi connectivity index (χ4v) is 1.71. The number of halogens is 1. The number of nitrogens with one attached hydrogen (secondary N) is 1. The molecule has 0 spiro atoms. The Morgan fingerprint density at radius 1 is 1.47 bits per heavy atom. The number of carboxylic acids is 1. The van der Waals surface area contributed by atoms with Crippen LogP contribution < -0.4 is 5.32 Å². The molecule has 1 aromatic rings. The summed E-state index contributed by atoms with van der Waals surface area (Å²) in [6.07, 6.45) is 0.755. The van der Waals surface area contributed by atoms with Crippen molar-refractivity contribution in [3.8, 4) is 0 Å². The molecule has 0 aromatic heterocycles. The molecule has 2 N–H and O–H groups in total. The van der Waals surface area contributed by atoms with Crippen LogP contribution in [0.25, 0.3) is 0 Å². The van der Waals surface area contributed by atoms with Gasteiger partial charge in [0.05, 0.1) is 22.4 Å². The van der Waals surface area contributed by atoms with Crippen LogP contribution in [-0.4, -0.2) is 30.2 Å². The van der Waals surface area contributed by atoms with Crippen LogP contribution in [-0.2, 0) is 9.53 Å². The summed E-state index contributed by atoms with van der Waals surface area (Å²) in [5.41, 5.74) is 0.104. The van der Waals surface area contributed by atoms with Crippen LogP contribution in [0.2, 0.25) is 5.02 Å². The Morgan fingerprint density at radius 2 is 2.16 bits per heavy atom. The highest BCUT2D eigenvalue weighted by atomic mass is 35.5. The molecule has 0 radical (unpaired) electrons. The summed E-state index contributed by atoms with van der Waals surface area (Å²) in [7, 11) is 1.57. The summed E-state index contributed by atoms with van der Waals surface area (Å²) in [5, 5.41) is 11.8. The maximum Gasteiger partial charge on any atom is 0.337 e. The molecule has 1 rings (SSSR count). The van der Waals surface area contributed by atoms with Gasteiger partial charge in [0.2, 0.25) is 5.91 Å². The minimum Gasteiger partial charge on any atom is -0.478 e. The van der Waals surface area contributed by atoms with Gasteiger partial charge in [0, 0.05) is 13.5 Å². The van der Waals surface area contributed by atoms with E-state index < -0.39 is 5.97 Å². The minimum atomic E-state index is -1.14. The summed E-state index contributed by atoms with van der Waals surface area (Å²) in [4.78, 5) is 22.8. The zero-order valence-electron chi connectivity index (χ0n) is 10.8. The summed E-state index contributed by atoms with van der Waals surface area (Å²) >= 11 is 5.90. The van der Waals surface area contributed by atoms with E-state index >= 15 is 0 Å². The van der Waals surface area contributed by atoms with Gasteiger partial charge in [-0.05, 0) is 25.5 Å². The SMILES string of the molecule is COC(C)CCC(=O)Nc1c(Cl)cccc1C(=O)O. The zero-order chi connectivity index (χ0) is 14.4. The molecule has 1 amide bonds. The zero-order valence-corrected chi connectivity index (χ0v) is 11.5. The lowest BCUT2D eigenvalue weighted by molar-refractivity contribution is -0.116. The van der Waals surface area contributed by atoms with Gasteiger partial charge in [-0.25, -0.2) is 4.79 Å². The highest BCUT2D eigenvalue weighted by molar-refractivity contribution is 6.34. The first kappa shape index (κ1) is 15.5. The van der Waals surface area contributed by atoms with Crippen LogP contribution in [0.4, 0.5) is 5.69 Å². The average molecular weight is 286 g/mol. The highest BCUT2D eigenvalue weighted by Crippen LogP contribution is 2.26. The molecular weight excluding hydrogens is 270 g/mol. The van der Waals surface area contributed by atoms with Crippen LogP contribution in [0.5, 0.6) is 0 Å². The predicted molar refractivity (Wildman–Crippen MR) is 72.7 cm³/mol. The van der Waals surface area contributed by atoms with Crippen molar-refractivity contribution in [2.45, 2.75) is 25.9 Å². The van der Waals surface area contributed by atoms with E-state index in [0.29, 0.717) is 6.42 Å². The van der Waals surface area contributed by atoms with Gasteiger partial charge in [-0.15, -0.1) is 0 Å². The molecular formula is C13H16ClNO4. The molecule has 0 aliphatic heterocycles. The molecule has 1 aromatic carbocycles. The number of hydrogen-bond acceptors (Lipinski definition) is 3. The maximum atomic E-state index is 11.7. The second-order valence-electron chi connectivity index (χ2n) is 4.10. The first-order valence-corrected chi connectivity index (χ1v) is 6.18. The third kappa shape index (κ3) is 4.54. The number of methoxy groups -OCH3 is 1. The van der Waals surface area contributed by atoms with Gasteiger partial charge in [-0.1, -0.05) is 17.7 Å². The van der Waals surface area contributed by atoms with E-state index in [9.17, 15) is 9.59 Å². The Morgan fingerprint density at radius 3 is 2.74 bits per heavy atom. The molecule has 0 aliphatic rings. The van der Waals surface area contributed by atoms with Gasteiger partial charge in [-0.3, -0.25) is 4.79 Å². The number of rotatable bonds is 6. The van der Waals surface area contributed by atoms with Crippen LogP contribution in [0, 0.1) is 0 Å². The normalized spacial score (nSPS) is 11.9. The fourth-order valence-electron chi connectivity index (χ4n) is 1.48. The number of ether oxygens (including phenoxy) is 1. The summed E-state index contributed by atoms with van der Waals surface area (Å²) in [6, 6.07) is 4.44. The number of para-hydroxylation sites is 1. The van der Waals surface area contributed by atoms with E-state index in [1.54, 1.807) is 7.11 Å². The molecule has 1 unspecified atom stereocenters. The second kappa shape index (κ2) is 7.11. The Hall–Kier alpha value is -1.59. The Balaban J connectivity index is 2.76. The number of aromatic carboxylic acids is 1. The smallest absolute Gasteiger partial charge is 0.337 e. The van der Waals surface area contributed by atoms with E-state index in [-0.39, 0.29) is 34.7 Å². The molecule has 0 heterocycles. The second-order valence-corrected chi connectivity index (χ2v) is 4.51. The maximum absolute atomic E-state index is 11.7.